The molecule has 0 radical (unpaired) electrons. The Morgan fingerprint density at radius 1 is 1.30 bits per heavy atom. The maximum Gasteiger partial charge on any atom is 0.260 e. The summed E-state index contributed by atoms with van der Waals surface area (Å²) in [5.41, 5.74) is 0.557. The van der Waals surface area contributed by atoms with Gasteiger partial charge in [0.05, 0.1) is 28.2 Å². The predicted octanol–water partition coefficient (Wildman–Crippen LogP) is 3.09. The van der Waals surface area contributed by atoms with E-state index < -0.39 is 15.7 Å². The zero-order valence-corrected chi connectivity index (χ0v) is 13.0. The number of nitrogens with one attached hydrogen (secondary N) is 1. The van der Waals surface area contributed by atoms with Gasteiger partial charge in [-0.2, -0.15) is 0 Å². The second-order valence-electron chi connectivity index (χ2n) is 3.96. The van der Waals surface area contributed by atoms with Gasteiger partial charge in [0.15, 0.2) is 14.5 Å². The van der Waals surface area contributed by atoms with Crippen LogP contribution >= 0.6 is 15.9 Å². The Labute approximate surface area is 125 Å². The summed E-state index contributed by atoms with van der Waals surface area (Å²) in [6.45, 7) is 1.56. The molecule has 0 atom stereocenters. The Balaban J connectivity index is 2.36. The van der Waals surface area contributed by atoms with Gasteiger partial charge in [-0.3, -0.25) is 4.79 Å². The molecule has 20 heavy (non-hydrogen) atoms. The maximum atomic E-state index is 12.1. The number of sulfone groups is 1. The van der Waals surface area contributed by atoms with Gasteiger partial charge >= 0.3 is 0 Å². The Morgan fingerprint density at radius 2 is 2.00 bits per heavy atom. The minimum atomic E-state index is -3.40. The topological polar surface area (TPSA) is 76.4 Å². The summed E-state index contributed by atoms with van der Waals surface area (Å²) in [7, 11) is -3.40. The minimum absolute atomic E-state index is 0.0325. The normalized spacial score (nSPS) is 11.3. The SMILES string of the molecule is CCS(=O)(=O)c1ccccc1NC(=O)c1ccoc1Br. The highest BCUT2D eigenvalue weighted by Crippen LogP contribution is 2.24. The number of hydrogen-bond acceptors (Lipinski definition) is 4. The number of rotatable bonds is 4. The Hall–Kier alpha value is -1.60. The Morgan fingerprint density at radius 3 is 2.60 bits per heavy atom. The second kappa shape index (κ2) is 5.80. The average Bonchev–Trinajstić information content (AvgIpc) is 2.85. The van der Waals surface area contributed by atoms with Crippen LogP contribution in [0.2, 0.25) is 0 Å². The molecular formula is C13H12BrNO4S. The van der Waals surface area contributed by atoms with E-state index in [9.17, 15) is 13.2 Å². The van der Waals surface area contributed by atoms with Gasteiger partial charge in [0, 0.05) is 0 Å². The summed E-state index contributed by atoms with van der Waals surface area (Å²) in [5.74, 6) is -0.473. The third-order valence-corrected chi connectivity index (χ3v) is 5.11. The van der Waals surface area contributed by atoms with Gasteiger partial charge < -0.3 is 9.73 Å². The summed E-state index contributed by atoms with van der Waals surface area (Å²) < 4.78 is 29.2. The van der Waals surface area contributed by atoms with Crippen molar-refractivity contribution in [2.45, 2.75) is 11.8 Å². The molecule has 1 aromatic carbocycles. The van der Waals surface area contributed by atoms with E-state index in [1.54, 1.807) is 25.1 Å². The van der Waals surface area contributed by atoms with E-state index in [1.165, 1.54) is 18.4 Å². The lowest BCUT2D eigenvalue weighted by atomic mass is 10.3. The number of benzene rings is 1. The van der Waals surface area contributed by atoms with Crippen LogP contribution in [0.5, 0.6) is 0 Å². The molecule has 2 rings (SSSR count). The Bertz CT molecular complexity index is 736. The van der Waals surface area contributed by atoms with Gasteiger partial charge in [0.25, 0.3) is 5.91 Å². The van der Waals surface area contributed by atoms with Crippen LogP contribution in [0.3, 0.4) is 0 Å². The van der Waals surface area contributed by atoms with E-state index in [2.05, 4.69) is 21.2 Å². The lowest BCUT2D eigenvalue weighted by molar-refractivity contribution is 0.102. The lowest BCUT2D eigenvalue weighted by Gasteiger charge is -2.10. The van der Waals surface area contributed by atoms with E-state index >= 15 is 0 Å². The zero-order valence-electron chi connectivity index (χ0n) is 10.6. The van der Waals surface area contributed by atoms with E-state index in [0.717, 1.165) is 0 Å². The minimum Gasteiger partial charge on any atom is -0.457 e. The van der Waals surface area contributed by atoms with Crippen LogP contribution in [0, 0.1) is 0 Å². The van der Waals surface area contributed by atoms with Crippen LogP contribution in [0.25, 0.3) is 0 Å². The largest absolute Gasteiger partial charge is 0.457 e. The number of amides is 1. The van der Waals surface area contributed by atoms with Crippen molar-refractivity contribution in [1.82, 2.24) is 0 Å². The highest BCUT2D eigenvalue weighted by molar-refractivity contribution is 9.10. The molecule has 0 aliphatic rings. The summed E-state index contributed by atoms with van der Waals surface area (Å²) in [6, 6.07) is 7.80. The fraction of sp³-hybridized carbons (Fsp3) is 0.154. The average molecular weight is 358 g/mol. The fourth-order valence-corrected chi connectivity index (χ4v) is 3.11. The molecule has 0 unspecified atom stereocenters. The standard InChI is InChI=1S/C13H12BrNO4S/c1-2-20(17,18)11-6-4-3-5-10(11)15-13(16)9-7-8-19-12(9)14/h3-8H,2H2,1H3,(H,15,16). The van der Waals surface area contributed by atoms with Crippen LogP contribution in [0.4, 0.5) is 5.69 Å². The van der Waals surface area contributed by atoms with Gasteiger partial charge in [0.2, 0.25) is 0 Å². The molecule has 1 amide bonds. The first-order valence-electron chi connectivity index (χ1n) is 5.82. The van der Waals surface area contributed by atoms with E-state index in [4.69, 9.17) is 4.42 Å². The molecule has 7 heteroatoms. The zero-order chi connectivity index (χ0) is 14.8. The number of para-hydroxylation sites is 1. The number of carbonyl (C=O) groups excluding carboxylic acids is 1. The molecule has 2 aromatic rings. The van der Waals surface area contributed by atoms with E-state index in [-0.39, 0.29) is 16.3 Å². The first-order chi connectivity index (χ1) is 9.45. The number of anilines is 1. The van der Waals surface area contributed by atoms with Gasteiger partial charge in [-0.15, -0.1) is 0 Å². The number of furan rings is 1. The lowest BCUT2D eigenvalue weighted by Crippen LogP contribution is -2.15. The molecule has 5 nitrogen and oxygen atoms in total. The fourth-order valence-electron chi connectivity index (χ4n) is 1.64. The summed E-state index contributed by atoms with van der Waals surface area (Å²) in [4.78, 5) is 12.2. The molecule has 0 spiro atoms. The molecule has 1 N–H and O–H groups in total. The van der Waals surface area contributed by atoms with Crippen molar-refractivity contribution in [3.8, 4) is 0 Å². The highest BCUT2D eigenvalue weighted by Gasteiger charge is 2.19. The summed E-state index contributed by atoms with van der Waals surface area (Å²) >= 11 is 3.11. The first kappa shape index (κ1) is 14.8. The number of carbonyl (C=O) groups is 1. The highest BCUT2D eigenvalue weighted by atomic mass is 79.9. The van der Waals surface area contributed by atoms with Crippen LogP contribution in [0.15, 0.2) is 50.6 Å². The van der Waals surface area contributed by atoms with Crippen LogP contribution in [0.1, 0.15) is 17.3 Å². The first-order valence-corrected chi connectivity index (χ1v) is 8.26. The van der Waals surface area contributed by atoms with E-state index in [0.29, 0.717) is 10.2 Å². The molecule has 106 valence electrons. The smallest absolute Gasteiger partial charge is 0.260 e. The molecule has 0 aliphatic carbocycles. The molecular weight excluding hydrogens is 346 g/mol. The van der Waals surface area contributed by atoms with Gasteiger partial charge in [-0.25, -0.2) is 8.42 Å². The molecule has 1 heterocycles. The van der Waals surface area contributed by atoms with Crippen molar-refractivity contribution in [3.05, 3.63) is 46.8 Å². The van der Waals surface area contributed by atoms with Crippen LogP contribution in [-0.2, 0) is 9.84 Å². The van der Waals surface area contributed by atoms with Crippen molar-refractivity contribution < 1.29 is 17.6 Å². The molecule has 1 aromatic heterocycles. The van der Waals surface area contributed by atoms with Crippen molar-refractivity contribution in [2.75, 3.05) is 11.1 Å². The monoisotopic (exact) mass is 357 g/mol. The summed E-state index contributed by atoms with van der Waals surface area (Å²) in [6.07, 6.45) is 1.37. The van der Waals surface area contributed by atoms with Crippen molar-refractivity contribution in [2.24, 2.45) is 0 Å². The van der Waals surface area contributed by atoms with Crippen LogP contribution in [-0.4, -0.2) is 20.1 Å². The second-order valence-corrected chi connectivity index (χ2v) is 6.93. The molecule has 0 saturated heterocycles. The van der Waals surface area contributed by atoms with Crippen molar-refractivity contribution in [1.29, 1.82) is 0 Å². The third-order valence-electron chi connectivity index (χ3n) is 2.71. The van der Waals surface area contributed by atoms with Crippen molar-refractivity contribution >= 4 is 37.4 Å². The Kier molecular flexibility index (Phi) is 4.29. The van der Waals surface area contributed by atoms with E-state index in [1.807, 2.05) is 0 Å². The number of hydrogen-bond donors (Lipinski definition) is 1. The quantitative estimate of drug-likeness (QED) is 0.911. The van der Waals surface area contributed by atoms with Gasteiger partial charge in [0.1, 0.15) is 0 Å². The van der Waals surface area contributed by atoms with Gasteiger partial charge in [-0.05, 0) is 34.1 Å². The third kappa shape index (κ3) is 2.94. The van der Waals surface area contributed by atoms with Crippen LogP contribution < -0.4 is 5.32 Å². The molecule has 0 bridgehead atoms. The molecule has 0 saturated carbocycles. The maximum absolute atomic E-state index is 12.1. The summed E-state index contributed by atoms with van der Waals surface area (Å²) in [5, 5.41) is 2.59. The molecule has 0 aliphatic heterocycles. The van der Waals surface area contributed by atoms with Gasteiger partial charge in [-0.1, -0.05) is 19.1 Å². The molecule has 0 fully saturated rings. The predicted molar refractivity (Wildman–Crippen MR) is 78.5 cm³/mol. The van der Waals surface area contributed by atoms with Crippen molar-refractivity contribution in [3.63, 3.8) is 0 Å². The number of halogens is 1.